The monoisotopic (exact) mass is 283 g/mol. The van der Waals surface area contributed by atoms with Crippen LogP contribution in [0.15, 0.2) is 0 Å². The predicted molar refractivity (Wildman–Crippen MR) is 74.0 cm³/mol. The van der Waals surface area contributed by atoms with E-state index in [1.165, 1.54) is 0 Å². The third-order valence-corrected chi connectivity index (χ3v) is 4.82. The van der Waals surface area contributed by atoms with Crippen LogP contribution in [0.2, 0.25) is 0 Å². The second-order valence-corrected chi connectivity index (χ2v) is 7.31. The van der Waals surface area contributed by atoms with E-state index in [0.717, 1.165) is 32.1 Å². The molecule has 0 saturated heterocycles. The lowest BCUT2D eigenvalue weighted by atomic mass is 9.76. The Balaban J connectivity index is 2.19. The van der Waals surface area contributed by atoms with Crippen molar-refractivity contribution in [3.05, 3.63) is 0 Å². The highest BCUT2D eigenvalue weighted by atomic mass is 16.6. The number of carboxylic acid groups (broad SMARTS) is 1. The van der Waals surface area contributed by atoms with Crippen LogP contribution in [0.4, 0.5) is 0 Å². The second-order valence-electron chi connectivity index (χ2n) is 7.31. The van der Waals surface area contributed by atoms with E-state index in [0.29, 0.717) is 6.42 Å². The molecule has 5 heteroatoms. The summed E-state index contributed by atoms with van der Waals surface area (Å²) < 4.78 is 5.28. The van der Waals surface area contributed by atoms with Crippen LogP contribution in [0.3, 0.4) is 0 Å². The predicted octanol–water partition coefficient (Wildman–Crippen LogP) is 2.08. The Kier molecular flexibility index (Phi) is 3.61. The van der Waals surface area contributed by atoms with Crippen molar-refractivity contribution in [2.45, 2.75) is 70.9 Å². The highest BCUT2D eigenvalue weighted by molar-refractivity contribution is 5.90. The summed E-state index contributed by atoms with van der Waals surface area (Å²) in [5.74, 6) is -1.54. The Bertz CT molecular complexity index is 420. The van der Waals surface area contributed by atoms with Gasteiger partial charge in [0.2, 0.25) is 0 Å². The van der Waals surface area contributed by atoms with Crippen LogP contribution in [0.25, 0.3) is 0 Å². The fourth-order valence-electron chi connectivity index (χ4n) is 3.78. The molecule has 114 valence electrons. The maximum absolute atomic E-state index is 12.2. The minimum atomic E-state index is -1.12. The van der Waals surface area contributed by atoms with Gasteiger partial charge in [-0.1, -0.05) is 19.3 Å². The van der Waals surface area contributed by atoms with Crippen LogP contribution in [0.5, 0.6) is 0 Å². The van der Waals surface area contributed by atoms with Crippen LogP contribution in [-0.4, -0.2) is 28.7 Å². The van der Waals surface area contributed by atoms with Crippen molar-refractivity contribution in [3.63, 3.8) is 0 Å². The van der Waals surface area contributed by atoms with E-state index in [1.54, 1.807) is 20.8 Å². The summed E-state index contributed by atoms with van der Waals surface area (Å²) in [4.78, 5) is 23.9. The lowest BCUT2D eigenvalue weighted by Crippen LogP contribution is -2.49. The summed E-state index contributed by atoms with van der Waals surface area (Å²) in [5, 5.41) is 9.65. The molecule has 0 amide bonds. The Morgan fingerprint density at radius 1 is 1.20 bits per heavy atom. The number of carboxylic acids is 1. The highest BCUT2D eigenvalue weighted by Gasteiger charge is 2.75. The number of ether oxygens (including phenoxy) is 1. The van der Waals surface area contributed by atoms with E-state index < -0.39 is 29.0 Å². The summed E-state index contributed by atoms with van der Waals surface area (Å²) in [7, 11) is 0. The molecule has 2 rings (SSSR count). The Labute approximate surface area is 119 Å². The number of rotatable bonds is 3. The number of hydrogen-bond donors (Lipinski definition) is 2. The summed E-state index contributed by atoms with van der Waals surface area (Å²) in [6.45, 7) is 5.27. The first-order valence-corrected chi connectivity index (χ1v) is 7.37. The van der Waals surface area contributed by atoms with Gasteiger partial charge < -0.3 is 15.6 Å². The first kappa shape index (κ1) is 15.3. The molecule has 5 nitrogen and oxygen atoms in total. The van der Waals surface area contributed by atoms with Gasteiger partial charge in [-0.05, 0) is 45.4 Å². The lowest BCUT2D eigenvalue weighted by Gasteiger charge is -2.31. The molecule has 0 radical (unpaired) electrons. The first-order valence-electron chi connectivity index (χ1n) is 7.37. The number of carbonyl (C=O) groups is 2. The number of carbonyl (C=O) groups excluding carboxylic acids is 1. The van der Waals surface area contributed by atoms with Crippen LogP contribution < -0.4 is 5.73 Å². The van der Waals surface area contributed by atoms with Gasteiger partial charge in [0.15, 0.2) is 0 Å². The van der Waals surface area contributed by atoms with Gasteiger partial charge in [0, 0.05) is 0 Å². The van der Waals surface area contributed by atoms with Crippen molar-refractivity contribution in [1.29, 1.82) is 0 Å². The molecular weight excluding hydrogens is 258 g/mol. The number of nitrogens with two attached hydrogens (primary N) is 1. The molecule has 2 aliphatic rings. The molecule has 0 heterocycles. The van der Waals surface area contributed by atoms with Crippen molar-refractivity contribution in [2.75, 3.05) is 0 Å². The molecular formula is C15H25NO4. The van der Waals surface area contributed by atoms with E-state index in [9.17, 15) is 14.7 Å². The fraction of sp³-hybridized carbons (Fsp3) is 0.867. The molecule has 2 fully saturated rings. The molecule has 2 saturated carbocycles. The Hall–Kier alpha value is -1.10. The molecule has 0 aromatic rings. The third kappa shape index (κ3) is 2.32. The molecule has 1 spiro atoms. The van der Waals surface area contributed by atoms with Crippen molar-refractivity contribution in [1.82, 2.24) is 0 Å². The van der Waals surface area contributed by atoms with Crippen LogP contribution >= 0.6 is 0 Å². The topological polar surface area (TPSA) is 89.6 Å². The highest BCUT2D eigenvalue weighted by Crippen LogP contribution is 2.71. The van der Waals surface area contributed by atoms with Gasteiger partial charge in [-0.25, -0.2) is 0 Å². The van der Waals surface area contributed by atoms with Gasteiger partial charge in [-0.2, -0.15) is 0 Å². The fourth-order valence-corrected chi connectivity index (χ4v) is 3.78. The van der Waals surface area contributed by atoms with Crippen LogP contribution in [-0.2, 0) is 14.3 Å². The molecule has 2 unspecified atom stereocenters. The van der Waals surface area contributed by atoms with E-state index in [1.807, 2.05) is 0 Å². The van der Waals surface area contributed by atoms with E-state index in [4.69, 9.17) is 10.5 Å². The van der Waals surface area contributed by atoms with E-state index in [2.05, 4.69) is 0 Å². The van der Waals surface area contributed by atoms with Crippen molar-refractivity contribution in [2.24, 2.45) is 16.6 Å². The van der Waals surface area contributed by atoms with Gasteiger partial charge in [0.1, 0.15) is 11.6 Å². The maximum atomic E-state index is 12.2. The van der Waals surface area contributed by atoms with E-state index in [-0.39, 0.29) is 5.41 Å². The molecule has 0 aliphatic heterocycles. The number of aliphatic carboxylic acids is 1. The second kappa shape index (κ2) is 4.72. The summed E-state index contributed by atoms with van der Waals surface area (Å²) in [6.07, 6.45) is 5.41. The SMILES string of the molecule is CC(C)(C)OC(=O)C(N)C1(C(=O)O)CC12CCCCC2. The van der Waals surface area contributed by atoms with Gasteiger partial charge in [0.25, 0.3) is 0 Å². The normalized spacial score (nSPS) is 29.8. The minimum absolute atomic E-state index is 0.284. The quantitative estimate of drug-likeness (QED) is 0.774. The Morgan fingerprint density at radius 2 is 1.75 bits per heavy atom. The zero-order valence-electron chi connectivity index (χ0n) is 12.6. The molecule has 0 bridgehead atoms. The molecule has 20 heavy (non-hydrogen) atoms. The summed E-state index contributed by atoms with van der Waals surface area (Å²) in [5.41, 5.74) is 3.97. The summed E-state index contributed by atoms with van der Waals surface area (Å²) >= 11 is 0. The summed E-state index contributed by atoms with van der Waals surface area (Å²) in [6, 6.07) is -1.07. The number of hydrogen-bond acceptors (Lipinski definition) is 4. The smallest absolute Gasteiger partial charge is 0.324 e. The molecule has 2 atom stereocenters. The molecule has 0 aromatic carbocycles. The lowest BCUT2D eigenvalue weighted by molar-refractivity contribution is -0.164. The zero-order chi connectivity index (χ0) is 15.2. The average molecular weight is 283 g/mol. The van der Waals surface area contributed by atoms with Gasteiger partial charge >= 0.3 is 11.9 Å². The number of esters is 1. The van der Waals surface area contributed by atoms with Crippen molar-refractivity contribution < 1.29 is 19.4 Å². The van der Waals surface area contributed by atoms with Gasteiger partial charge in [0.05, 0.1) is 5.41 Å². The zero-order valence-corrected chi connectivity index (χ0v) is 12.6. The van der Waals surface area contributed by atoms with Crippen molar-refractivity contribution >= 4 is 11.9 Å². The molecule has 2 aliphatic carbocycles. The van der Waals surface area contributed by atoms with Crippen molar-refractivity contribution in [3.8, 4) is 0 Å². The van der Waals surface area contributed by atoms with Crippen LogP contribution in [0, 0.1) is 10.8 Å². The molecule has 3 N–H and O–H groups in total. The largest absolute Gasteiger partial charge is 0.481 e. The Morgan fingerprint density at radius 3 is 2.20 bits per heavy atom. The van der Waals surface area contributed by atoms with E-state index >= 15 is 0 Å². The maximum Gasteiger partial charge on any atom is 0.324 e. The average Bonchev–Trinajstić information content (AvgIpc) is 2.96. The standard InChI is InChI=1S/C15H25NO4/c1-13(2,3)20-11(17)10(16)15(12(18)19)9-14(15)7-5-4-6-8-14/h10H,4-9,16H2,1-3H3,(H,18,19). The minimum Gasteiger partial charge on any atom is -0.481 e. The van der Waals surface area contributed by atoms with Crippen LogP contribution in [0.1, 0.15) is 59.3 Å². The third-order valence-electron chi connectivity index (χ3n) is 4.82. The van der Waals surface area contributed by atoms with Gasteiger partial charge in [-0.15, -0.1) is 0 Å². The van der Waals surface area contributed by atoms with Gasteiger partial charge in [-0.3, -0.25) is 9.59 Å². The molecule has 0 aromatic heterocycles. The first-order chi connectivity index (χ1) is 9.15.